The first kappa shape index (κ1) is 15.3. The van der Waals surface area contributed by atoms with Gasteiger partial charge < -0.3 is 0 Å². The van der Waals surface area contributed by atoms with Crippen molar-refractivity contribution in [3.05, 3.63) is 69.3 Å². The Labute approximate surface area is 131 Å². The molecule has 0 amide bonds. The fraction of sp³-hybridized carbons (Fsp3) is 0.133. The van der Waals surface area contributed by atoms with E-state index in [1.165, 1.54) is 42.5 Å². The van der Waals surface area contributed by atoms with Gasteiger partial charge in [-0.25, -0.2) is 0 Å². The molecule has 0 spiro atoms. The van der Waals surface area contributed by atoms with E-state index in [0.29, 0.717) is 0 Å². The van der Waals surface area contributed by atoms with Gasteiger partial charge in [0, 0.05) is 0 Å². The van der Waals surface area contributed by atoms with E-state index >= 15 is 0 Å². The van der Waals surface area contributed by atoms with Crippen molar-refractivity contribution >= 4 is 26.2 Å². The van der Waals surface area contributed by atoms with Crippen LogP contribution in [-0.4, -0.2) is 9.90 Å². The Balaban J connectivity index is 2.06. The molecule has 116 valence electrons. The van der Waals surface area contributed by atoms with Crippen LogP contribution in [-0.2, 0) is 8.99 Å². The van der Waals surface area contributed by atoms with E-state index in [2.05, 4.69) is 0 Å². The molecular formula is C15H9F4IO2. The first-order valence-corrected chi connectivity index (χ1v) is 9.22. The summed E-state index contributed by atoms with van der Waals surface area (Å²) in [6.45, 7) is 0. The van der Waals surface area contributed by atoms with Gasteiger partial charge in [0.05, 0.1) is 0 Å². The normalized spacial score (nSPS) is 16.4. The average Bonchev–Trinajstić information content (AvgIpc) is 2.86. The summed E-state index contributed by atoms with van der Waals surface area (Å²) in [7, 11) is 0. The zero-order chi connectivity index (χ0) is 16.0. The van der Waals surface area contributed by atoms with Gasteiger partial charge in [-0.15, -0.1) is 0 Å². The standard InChI is InChI=1S/C15H9F4IO2/c16-14(17,10-6-2-1-3-7-10)15(18,19)20-12-9-5-4-8-11(12)13(21)22-20/h1-9H. The van der Waals surface area contributed by atoms with Crippen molar-refractivity contribution in [2.75, 3.05) is 0 Å². The molecule has 1 aliphatic rings. The number of fused-ring (bicyclic) bond motifs is 1. The van der Waals surface area contributed by atoms with E-state index in [1.807, 2.05) is 0 Å². The molecule has 0 bridgehead atoms. The predicted molar refractivity (Wildman–Crippen MR) is 79.9 cm³/mol. The molecule has 22 heavy (non-hydrogen) atoms. The van der Waals surface area contributed by atoms with Crippen LogP contribution in [0.3, 0.4) is 0 Å². The fourth-order valence-electron chi connectivity index (χ4n) is 2.02. The van der Waals surface area contributed by atoms with E-state index in [-0.39, 0.29) is 9.13 Å². The summed E-state index contributed by atoms with van der Waals surface area (Å²) in [6.07, 6.45) is 0. The second-order valence-corrected chi connectivity index (χ2v) is 8.91. The molecule has 2 aromatic carbocycles. The molecule has 0 unspecified atom stereocenters. The topological polar surface area (TPSA) is 26.3 Å². The molecule has 0 N–H and O–H groups in total. The van der Waals surface area contributed by atoms with Gasteiger partial charge >= 0.3 is 131 Å². The van der Waals surface area contributed by atoms with Gasteiger partial charge in [-0.2, -0.15) is 0 Å². The molecule has 1 heterocycles. The van der Waals surface area contributed by atoms with Crippen molar-refractivity contribution in [2.24, 2.45) is 0 Å². The van der Waals surface area contributed by atoms with Crippen molar-refractivity contribution in [1.82, 2.24) is 0 Å². The van der Waals surface area contributed by atoms with Crippen LogP contribution >= 0.6 is 20.2 Å². The van der Waals surface area contributed by atoms with E-state index in [4.69, 9.17) is 3.07 Å². The molecule has 0 saturated carbocycles. The maximum atomic E-state index is 14.5. The molecular weight excluding hydrogens is 415 g/mol. The van der Waals surface area contributed by atoms with Crippen molar-refractivity contribution in [2.45, 2.75) is 9.85 Å². The summed E-state index contributed by atoms with van der Waals surface area (Å²) in [5.41, 5.74) is -0.839. The number of benzene rings is 2. The number of halogens is 5. The van der Waals surface area contributed by atoms with Crippen LogP contribution in [0.25, 0.3) is 0 Å². The van der Waals surface area contributed by atoms with Gasteiger partial charge in [-0.1, -0.05) is 0 Å². The second-order valence-electron chi connectivity index (χ2n) is 4.53. The van der Waals surface area contributed by atoms with Crippen molar-refractivity contribution in [3.63, 3.8) is 0 Å². The third kappa shape index (κ3) is 2.18. The quantitative estimate of drug-likeness (QED) is 0.401. The van der Waals surface area contributed by atoms with Gasteiger partial charge in [0.2, 0.25) is 0 Å². The maximum absolute atomic E-state index is 14.5. The van der Waals surface area contributed by atoms with E-state index in [1.54, 1.807) is 0 Å². The summed E-state index contributed by atoms with van der Waals surface area (Å²) < 4.78 is 57.8. The van der Waals surface area contributed by atoms with Crippen LogP contribution in [0.4, 0.5) is 17.6 Å². The number of rotatable bonds is 3. The zero-order valence-electron chi connectivity index (χ0n) is 10.9. The van der Waals surface area contributed by atoms with Crippen LogP contribution in [0.2, 0.25) is 0 Å². The zero-order valence-corrected chi connectivity index (χ0v) is 13.1. The van der Waals surface area contributed by atoms with E-state index < -0.39 is 41.6 Å². The Morgan fingerprint density at radius 1 is 0.864 bits per heavy atom. The number of alkyl halides is 5. The van der Waals surface area contributed by atoms with Gasteiger partial charge in [0.1, 0.15) is 0 Å². The molecule has 0 atom stereocenters. The molecule has 2 aromatic rings. The van der Waals surface area contributed by atoms with Crippen molar-refractivity contribution < 1.29 is 25.4 Å². The number of carbonyl (C=O) groups excluding carboxylic acids is 1. The first-order chi connectivity index (χ1) is 10.4. The number of hydrogen-bond acceptors (Lipinski definition) is 2. The molecule has 1 aliphatic heterocycles. The number of hydrogen-bond donors (Lipinski definition) is 0. The minimum absolute atomic E-state index is 0.0452. The van der Waals surface area contributed by atoms with Crippen LogP contribution in [0.1, 0.15) is 15.9 Å². The Morgan fingerprint density at radius 3 is 2.14 bits per heavy atom. The Hall–Kier alpha value is -1.64. The molecule has 7 heteroatoms. The van der Waals surface area contributed by atoms with Crippen LogP contribution < -0.4 is 0 Å². The van der Waals surface area contributed by atoms with Crippen LogP contribution in [0.5, 0.6) is 0 Å². The van der Waals surface area contributed by atoms with Gasteiger partial charge in [-0.3, -0.25) is 0 Å². The molecule has 0 radical (unpaired) electrons. The van der Waals surface area contributed by atoms with Gasteiger partial charge in [0.15, 0.2) is 0 Å². The van der Waals surface area contributed by atoms with E-state index in [9.17, 15) is 22.4 Å². The van der Waals surface area contributed by atoms with Gasteiger partial charge in [-0.05, 0) is 0 Å². The summed E-state index contributed by atoms with van der Waals surface area (Å²) in [5, 5.41) is 0. The summed E-state index contributed by atoms with van der Waals surface area (Å²) in [5.74, 6) is -5.36. The first-order valence-electron chi connectivity index (χ1n) is 6.18. The summed E-state index contributed by atoms with van der Waals surface area (Å²) in [6, 6.07) is 11.3. The fourth-order valence-corrected chi connectivity index (χ4v) is 6.29. The van der Waals surface area contributed by atoms with E-state index in [0.717, 1.165) is 12.1 Å². The molecule has 3 rings (SSSR count). The molecule has 0 aromatic heterocycles. The monoisotopic (exact) mass is 424 g/mol. The molecule has 0 saturated heterocycles. The van der Waals surface area contributed by atoms with Crippen LogP contribution in [0.15, 0.2) is 54.6 Å². The minimum atomic E-state index is -4.42. The SMILES string of the molecule is O=C1OI(C(F)(F)C(F)(F)c2ccccc2)c2ccccc21. The molecule has 2 nitrogen and oxygen atoms in total. The molecule has 0 fully saturated rings. The summed E-state index contributed by atoms with van der Waals surface area (Å²) >= 11 is -4.19. The van der Waals surface area contributed by atoms with Gasteiger partial charge in [0.25, 0.3) is 0 Å². The third-order valence-corrected chi connectivity index (χ3v) is 7.88. The Morgan fingerprint density at radius 2 is 1.45 bits per heavy atom. The predicted octanol–water partition coefficient (Wildman–Crippen LogP) is 4.83. The van der Waals surface area contributed by atoms with Crippen LogP contribution in [0, 0.1) is 3.57 Å². The number of carbonyl (C=O) groups is 1. The molecule has 0 aliphatic carbocycles. The summed E-state index contributed by atoms with van der Waals surface area (Å²) in [4.78, 5) is 11.6. The third-order valence-electron chi connectivity index (χ3n) is 3.13. The second kappa shape index (κ2) is 5.22. The van der Waals surface area contributed by atoms with Crippen molar-refractivity contribution in [3.8, 4) is 0 Å². The Bertz CT molecular complexity index is 718. The Kier molecular flexibility index (Phi) is 3.62. The van der Waals surface area contributed by atoms with Crippen molar-refractivity contribution in [1.29, 1.82) is 0 Å². The average molecular weight is 424 g/mol.